The van der Waals surface area contributed by atoms with Crippen molar-refractivity contribution >= 4 is 19.9 Å². The molecule has 1 aromatic carbocycles. The Morgan fingerprint density at radius 2 is 1.62 bits per heavy atom. The van der Waals surface area contributed by atoms with Gasteiger partial charge in [0.05, 0.1) is 10.5 Å². The molecule has 0 heterocycles. The fourth-order valence-corrected chi connectivity index (χ4v) is 3.37. The summed E-state index contributed by atoms with van der Waals surface area (Å²) in [7, 11) is -6.99. The Balaban J connectivity index is 2.85. The van der Waals surface area contributed by atoms with Gasteiger partial charge in [-0.1, -0.05) is 24.3 Å². The average Bonchev–Trinajstić information content (AvgIpc) is 2.35. The molecule has 120 valence electrons. The molecule has 8 heteroatoms. The Morgan fingerprint density at radius 1 is 1.10 bits per heavy atom. The zero-order chi connectivity index (χ0) is 16.3. The molecule has 3 N–H and O–H groups in total. The van der Waals surface area contributed by atoms with E-state index in [9.17, 15) is 16.8 Å². The average molecular weight is 334 g/mol. The molecule has 0 amide bonds. The summed E-state index contributed by atoms with van der Waals surface area (Å²) in [5.41, 5.74) is 6.95. The molecule has 0 saturated carbocycles. The Hall–Kier alpha value is -0.960. The van der Waals surface area contributed by atoms with Gasteiger partial charge in [0.25, 0.3) is 0 Å². The fraction of sp³-hybridized carbons (Fsp3) is 0.538. The first kappa shape index (κ1) is 18.1. The number of nitrogens with two attached hydrogens (primary N) is 1. The van der Waals surface area contributed by atoms with Crippen molar-refractivity contribution in [1.82, 2.24) is 4.72 Å². The molecule has 0 radical (unpaired) electrons. The van der Waals surface area contributed by atoms with Crippen LogP contribution in [0.4, 0.5) is 0 Å². The van der Waals surface area contributed by atoms with E-state index in [4.69, 9.17) is 5.73 Å². The molecule has 0 bridgehead atoms. The summed E-state index contributed by atoms with van der Waals surface area (Å²) in [5.74, 6) is -0.222. The summed E-state index contributed by atoms with van der Waals surface area (Å²) in [6.07, 6.45) is 1.09. The van der Waals surface area contributed by atoms with Gasteiger partial charge in [-0.25, -0.2) is 21.6 Å². The normalized spacial score (nSPS) is 13.3. The Labute approximate surface area is 126 Å². The smallest absolute Gasteiger partial charge is 0.215 e. The van der Waals surface area contributed by atoms with Gasteiger partial charge in [-0.3, -0.25) is 0 Å². The van der Waals surface area contributed by atoms with Crippen molar-refractivity contribution in [3.05, 3.63) is 35.4 Å². The highest BCUT2D eigenvalue weighted by molar-refractivity contribution is 7.92. The monoisotopic (exact) mass is 334 g/mol. The summed E-state index contributed by atoms with van der Waals surface area (Å²) in [5, 5.41) is 0. The standard InChI is InChI=1S/C13H22N2O4S2/c1-13(2,20(3,16)17)10-15-21(18,19)9-12-7-5-4-6-11(12)8-14/h4-7,15H,8-10,14H2,1-3H3. The van der Waals surface area contributed by atoms with E-state index in [1.54, 1.807) is 24.3 Å². The molecule has 0 atom stereocenters. The maximum absolute atomic E-state index is 12.1. The Bertz CT molecular complexity index is 695. The van der Waals surface area contributed by atoms with E-state index in [2.05, 4.69) is 4.72 Å². The lowest BCUT2D eigenvalue weighted by atomic mass is 10.1. The molecule has 21 heavy (non-hydrogen) atoms. The molecule has 1 aromatic rings. The minimum atomic E-state index is -3.63. The van der Waals surface area contributed by atoms with Gasteiger partial charge in [0, 0.05) is 19.3 Å². The van der Waals surface area contributed by atoms with Crippen LogP contribution in [-0.4, -0.2) is 34.4 Å². The SMILES string of the molecule is CC(C)(CNS(=O)(=O)Cc1ccccc1CN)S(C)(=O)=O. The van der Waals surface area contributed by atoms with Crippen LogP contribution in [0.1, 0.15) is 25.0 Å². The topological polar surface area (TPSA) is 106 Å². The Morgan fingerprint density at radius 3 is 2.10 bits per heavy atom. The van der Waals surface area contributed by atoms with E-state index in [1.165, 1.54) is 13.8 Å². The third kappa shape index (κ3) is 5.06. The van der Waals surface area contributed by atoms with Crippen LogP contribution in [0.2, 0.25) is 0 Å². The first-order valence-electron chi connectivity index (χ1n) is 6.42. The highest BCUT2D eigenvalue weighted by Crippen LogP contribution is 2.15. The van der Waals surface area contributed by atoms with Crippen LogP contribution in [0.3, 0.4) is 0 Å². The van der Waals surface area contributed by atoms with E-state index in [-0.39, 0.29) is 18.8 Å². The number of nitrogens with one attached hydrogen (secondary N) is 1. The maximum atomic E-state index is 12.1. The predicted octanol–water partition coefficient (Wildman–Crippen LogP) is 0.388. The van der Waals surface area contributed by atoms with E-state index in [1.807, 2.05) is 0 Å². The van der Waals surface area contributed by atoms with Crippen LogP contribution >= 0.6 is 0 Å². The van der Waals surface area contributed by atoms with Crippen molar-refractivity contribution in [2.45, 2.75) is 30.9 Å². The Kier molecular flexibility index (Phi) is 5.54. The summed E-state index contributed by atoms with van der Waals surface area (Å²) in [6.45, 7) is 3.05. The van der Waals surface area contributed by atoms with Crippen molar-refractivity contribution in [3.63, 3.8) is 0 Å². The lowest BCUT2D eigenvalue weighted by Gasteiger charge is -2.22. The third-order valence-corrected chi connectivity index (χ3v) is 6.83. The second-order valence-electron chi connectivity index (χ2n) is 5.58. The van der Waals surface area contributed by atoms with Gasteiger partial charge in [-0.2, -0.15) is 0 Å². The summed E-state index contributed by atoms with van der Waals surface area (Å²) < 4.78 is 48.5. The van der Waals surface area contributed by atoms with Crippen molar-refractivity contribution in [2.24, 2.45) is 5.73 Å². The van der Waals surface area contributed by atoms with Crippen LogP contribution in [0.5, 0.6) is 0 Å². The largest absolute Gasteiger partial charge is 0.326 e. The molecular weight excluding hydrogens is 312 g/mol. The van der Waals surface area contributed by atoms with E-state index in [0.29, 0.717) is 5.56 Å². The fourth-order valence-electron chi connectivity index (χ4n) is 1.57. The molecule has 0 saturated heterocycles. The van der Waals surface area contributed by atoms with Gasteiger partial charge < -0.3 is 5.73 Å². The number of hydrogen-bond donors (Lipinski definition) is 2. The first-order valence-corrected chi connectivity index (χ1v) is 9.97. The predicted molar refractivity (Wildman–Crippen MR) is 83.9 cm³/mol. The van der Waals surface area contributed by atoms with Gasteiger partial charge in [-0.05, 0) is 25.0 Å². The van der Waals surface area contributed by atoms with E-state index >= 15 is 0 Å². The van der Waals surface area contributed by atoms with Crippen LogP contribution < -0.4 is 10.5 Å². The first-order chi connectivity index (χ1) is 9.48. The second-order valence-corrected chi connectivity index (χ2v) is 10.0. The van der Waals surface area contributed by atoms with E-state index < -0.39 is 24.6 Å². The van der Waals surface area contributed by atoms with Crippen LogP contribution in [-0.2, 0) is 32.2 Å². The van der Waals surface area contributed by atoms with Gasteiger partial charge in [-0.15, -0.1) is 0 Å². The summed E-state index contributed by atoms with van der Waals surface area (Å²) in [6, 6.07) is 7.00. The van der Waals surface area contributed by atoms with Gasteiger partial charge in [0.2, 0.25) is 10.0 Å². The second kappa shape index (κ2) is 6.43. The summed E-state index contributed by atoms with van der Waals surface area (Å²) in [4.78, 5) is 0. The quantitative estimate of drug-likeness (QED) is 0.750. The minimum Gasteiger partial charge on any atom is -0.326 e. The lowest BCUT2D eigenvalue weighted by Crippen LogP contribution is -2.44. The van der Waals surface area contributed by atoms with Gasteiger partial charge >= 0.3 is 0 Å². The van der Waals surface area contributed by atoms with Gasteiger partial charge in [0.1, 0.15) is 0 Å². The molecule has 0 aliphatic carbocycles. The molecule has 0 aliphatic heterocycles. The van der Waals surface area contributed by atoms with Crippen LogP contribution in [0.25, 0.3) is 0 Å². The van der Waals surface area contributed by atoms with Crippen LogP contribution in [0, 0.1) is 0 Å². The van der Waals surface area contributed by atoms with Crippen molar-refractivity contribution in [1.29, 1.82) is 0 Å². The zero-order valence-corrected chi connectivity index (χ0v) is 14.1. The lowest BCUT2D eigenvalue weighted by molar-refractivity contribution is 0.536. The number of benzene rings is 1. The van der Waals surface area contributed by atoms with Gasteiger partial charge in [0.15, 0.2) is 9.84 Å². The highest BCUT2D eigenvalue weighted by atomic mass is 32.2. The molecule has 0 spiro atoms. The molecular formula is C13H22N2O4S2. The number of hydrogen-bond acceptors (Lipinski definition) is 5. The van der Waals surface area contributed by atoms with Crippen molar-refractivity contribution in [2.75, 3.05) is 12.8 Å². The number of sulfone groups is 1. The molecule has 1 rings (SSSR count). The maximum Gasteiger partial charge on any atom is 0.215 e. The number of sulfonamides is 1. The summed E-state index contributed by atoms with van der Waals surface area (Å²) >= 11 is 0. The molecule has 0 unspecified atom stereocenters. The third-order valence-electron chi connectivity index (χ3n) is 3.41. The van der Waals surface area contributed by atoms with Crippen molar-refractivity contribution < 1.29 is 16.8 Å². The molecule has 0 aliphatic rings. The minimum absolute atomic E-state index is 0.168. The van der Waals surface area contributed by atoms with Crippen molar-refractivity contribution in [3.8, 4) is 0 Å². The highest BCUT2D eigenvalue weighted by Gasteiger charge is 2.31. The zero-order valence-electron chi connectivity index (χ0n) is 12.5. The van der Waals surface area contributed by atoms with Crippen LogP contribution in [0.15, 0.2) is 24.3 Å². The molecule has 6 nitrogen and oxygen atoms in total. The van der Waals surface area contributed by atoms with E-state index in [0.717, 1.165) is 11.8 Å². The molecule has 0 aromatic heterocycles. The molecule has 0 fully saturated rings. The number of rotatable bonds is 7.